The Kier molecular flexibility index (Phi) is 10.4. The zero-order valence-corrected chi connectivity index (χ0v) is 24.4. The van der Waals surface area contributed by atoms with E-state index in [2.05, 4.69) is 9.80 Å². The molecule has 2 atom stereocenters. The van der Waals surface area contributed by atoms with Crippen molar-refractivity contribution in [2.45, 2.75) is 32.2 Å². The molecule has 4 N–H and O–H groups in total. The van der Waals surface area contributed by atoms with Crippen LogP contribution in [0.25, 0.3) is 22.2 Å². The summed E-state index contributed by atoms with van der Waals surface area (Å²) < 4.78 is 66.4. The summed E-state index contributed by atoms with van der Waals surface area (Å²) in [6.07, 6.45) is -7.47. The molecule has 3 heterocycles. The number of aliphatic hydroxyl groups is 2. The maximum absolute atomic E-state index is 13.1. The first-order valence-electron chi connectivity index (χ1n) is 13.1. The number of hydrogen-bond acceptors (Lipinski definition) is 9. The zero-order chi connectivity index (χ0) is 32.3. The second kappa shape index (κ2) is 13.3. The van der Waals surface area contributed by atoms with Gasteiger partial charge in [-0.3, -0.25) is 0 Å². The van der Waals surface area contributed by atoms with E-state index in [1.807, 2.05) is 27.0 Å². The number of nitrogens with zero attached hydrogens (tertiary/aromatic N) is 4. The van der Waals surface area contributed by atoms with Crippen LogP contribution in [0.3, 0.4) is 0 Å². The molecule has 16 heteroatoms. The summed E-state index contributed by atoms with van der Waals surface area (Å²) in [6, 6.07) is 8.44. The van der Waals surface area contributed by atoms with E-state index in [-0.39, 0.29) is 11.7 Å². The molecule has 1 aliphatic heterocycles. The Morgan fingerprint density at radius 1 is 0.953 bits per heavy atom. The molecule has 43 heavy (non-hydrogen) atoms. The number of anilines is 1. The fourth-order valence-electron chi connectivity index (χ4n) is 4.34. The largest absolute Gasteiger partial charge is 0.479 e. The molecular weight excluding hydrogens is 597 g/mol. The lowest BCUT2D eigenvalue weighted by molar-refractivity contribution is -0.165. The number of piperazine rings is 1. The number of carboxylic acid groups (broad SMARTS) is 2. The molecule has 0 saturated carbocycles. The Hall–Kier alpha value is -3.73. The van der Waals surface area contributed by atoms with Gasteiger partial charge < -0.3 is 30.2 Å². The van der Waals surface area contributed by atoms with E-state index in [1.54, 1.807) is 6.07 Å². The van der Waals surface area contributed by atoms with Crippen LogP contribution in [-0.4, -0.2) is 106 Å². The fourth-order valence-corrected chi connectivity index (χ4v) is 6.00. The first-order chi connectivity index (χ1) is 19.9. The first kappa shape index (κ1) is 33.8. The summed E-state index contributed by atoms with van der Waals surface area (Å²) >= 11 is 0. The Morgan fingerprint density at radius 2 is 1.49 bits per heavy atom. The standard InChI is InChI=1S/C23H27F3N4O2S.C4H6O6/c1-16(2)15-33(31,32)30-9-8-19-20(17-4-6-18(7-5-17)23(24,25)26)14-21(27-22(19)30)29-12-10-28(3)11-13-29;5-1(3(7)8)2(6)4(9)10/h4-9,14,16H,10-13,15H2,1-3H3;1-2,5-6H,(H,7,8)(H,9,10). The molecule has 0 amide bonds. The molecule has 2 aromatic heterocycles. The number of fused-ring (bicyclic) bond motifs is 1. The van der Waals surface area contributed by atoms with Crippen LogP contribution < -0.4 is 4.90 Å². The van der Waals surface area contributed by atoms with E-state index in [1.165, 1.54) is 22.3 Å². The summed E-state index contributed by atoms with van der Waals surface area (Å²) in [4.78, 5) is 28.5. The second-order valence-electron chi connectivity index (χ2n) is 10.5. The third-order valence-corrected chi connectivity index (χ3v) is 8.59. The molecule has 1 aromatic carbocycles. The number of aliphatic hydroxyl groups excluding tert-OH is 2. The molecule has 1 fully saturated rings. The molecule has 1 aliphatic rings. The third kappa shape index (κ3) is 8.22. The molecule has 0 bridgehead atoms. The van der Waals surface area contributed by atoms with Gasteiger partial charge in [-0.05, 0) is 48.4 Å². The summed E-state index contributed by atoms with van der Waals surface area (Å²) in [7, 11) is -1.61. The van der Waals surface area contributed by atoms with Crippen molar-refractivity contribution in [3.8, 4) is 11.1 Å². The Labute approximate surface area is 245 Å². The van der Waals surface area contributed by atoms with E-state index in [4.69, 9.17) is 25.4 Å². The number of hydrogen-bond donors (Lipinski definition) is 4. The number of aromatic nitrogens is 2. The highest BCUT2D eigenvalue weighted by molar-refractivity contribution is 7.90. The molecule has 3 aromatic rings. The van der Waals surface area contributed by atoms with Gasteiger partial charge in [0.1, 0.15) is 5.82 Å². The Bertz CT molecular complexity index is 1530. The van der Waals surface area contributed by atoms with Crippen molar-refractivity contribution < 1.29 is 51.6 Å². The minimum Gasteiger partial charge on any atom is -0.479 e. The average Bonchev–Trinajstić information content (AvgIpc) is 3.36. The van der Waals surface area contributed by atoms with Crippen molar-refractivity contribution in [1.82, 2.24) is 13.9 Å². The van der Waals surface area contributed by atoms with Gasteiger partial charge >= 0.3 is 18.1 Å². The number of likely N-dealkylation sites (N-methyl/N-ethyl adjacent to an activating group) is 1. The maximum atomic E-state index is 13.1. The van der Waals surface area contributed by atoms with Crippen LogP contribution >= 0.6 is 0 Å². The summed E-state index contributed by atoms with van der Waals surface area (Å²) in [6.45, 7) is 6.78. The van der Waals surface area contributed by atoms with E-state index >= 15 is 0 Å². The highest BCUT2D eigenvalue weighted by Crippen LogP contribution is 2.35. The smallest absolute Gasteiger partial charge is 0.416 e. The number of rotatable bonds is 8. The van der Waals surface area contributed by atoms with Crippen molar-refractivity contribution >= 4 is 38.8 Å². The zero-order valence-electron chi connectivity index (χ0n) is 23.6. The molecule has 2 unspecified atom stereocenters. The highest BCUT2D eigenvalue weighted by Gasteiger charge is 2.31. The van der Waals surface area contributed by atoms with Gasteiger partial charge in [0.25, 0.3) is 0 Å². The van der Waals surface area contributed by atoms with Crippen molar-refractivity contribution in [3.63, 3.8) is 0 Å². The minimum atomic E-state index is -4.43. The molecule has 236 valence electrons. The van der Waals surface area contributed by atoms with Gasteiger partial charge in [-0.1, -0.05) is 26.0 Å². The molecule has 1 saturated heterocycles. The lowest BCUT2D eigenvalue weighted by Gasteiger charge is -2.33. The quantitative estimate of drug-likeness (QED) is 0.287. The fraction of sp³-hybridized carbons (Fsp3) is 0.444. The minimum absolute atomic E-state index is 0.0349. The van der Waals surface area contributed by atoms with Gasteiger partial charge in [0.15, 0.2) is 17.9 Å². The van der Waals surface area contributed by atoms with E-state index in [9.17, 15) is 31.2 Å². The topological polar surface area (TPSA) is 174 Å². The van der Waals surface area contributed by atoms with Crippen LogP contribution in [0.5, 0.6) is 0 Å². The molecule has 4 rings (SSSR count). The second-order valence-corrected chi connectivity index (χ2v) is 12.4. The molecule has 0 spiro atoms. The number of pyridine rings is 1. The molecule has 0 radical (unpaired) electrons. The van der Waals surface area contributed by atoms with Crippen molar-refractivity contribution in [2.24, 2.45) is 5.92 Å². The average molecular weight is 631 g/mol. The van der Waals surface area contributed by atoms with E-state index in [0.29, 0.717) is 28.0 Å². The van der Waals surface area contributed by atoms with Gasteiger partial charge in [-0.25, -0.2) is 27.0 Å². The van der Waals surface area contributed by atoms with E-state index < -0.39 is 45.9 Å². The number of benzene rings is 1. The van der Waals surface area contributed by atoms with Crippen LogP contribution in [0.1, 0.15) is 19.4 Å². The predicted molar refractivity (Wildman–Crippen MR) is 151 cm³/mol. The third-order valence-electron chi connectivity index (χ3n) is 6.61. The first-order valence-corrected chi connectivity index (χ1v) is 14.7. The normalized spacial score (nSPS) is 16.1. The molecule has 12 nitrogen and oxygen atoms in total. The van der Waals surface area contributed by atoms with Crippen molar-refractivity contribution in [2.75, 3.05) is 43.9 Å². The number of carboxylic acids is 2. The van der Waals surface area contributed by atoms with Gasteiger partial charge in [-0.15, -0.1) is 0 Å². The summed E-state index contributed by atoms with van der Waals surface area (Å²) in [5.41, 5.74) is 0.792. The van der Waals surface area contributed by atoms with E-state index in [0.717, 1.165) is 38.3 Å². The Balaban J connectivity index is 0.000000436. The van der Waals surface area contributed by atoms with Crippen LogP contribution in [0.2, 0.25) is 0 Å². The van der Waals surface area contributed by atoms with Crippen molar-refractivity contribution in [3.05, 3.63) is 48.2 Å². The lowest BCUT2D eigenvalue weighted by Crippen LogP contribution is -2.44. The van der Waals surface area contributed by atoms with Crippen molar-refractivity contribution in [1.29, 1.82) is 0 Å². The molecular formula is C27H33F3N4O8S. The summed E-state index contributed by atoms with van der Waals surface area (Å²) in [5.74, 6) is -3.02. The summed E-state index contributed by atoms with van der Waals surface area (Å²) in [5, 5.41) is 33.1. The number of alkyl halides is 3. The van der Waals surface area contributed by atoms with Gasteiger partial charge in [0, 0.05) is 37.8 Å². The maximum Gasteiger partial charge on any atom is 0.416 e. The number of aliphatic carboxylic acids is 2. The Morgan fingerprint density at radius 3 is 1.95 bits per heavy atom. The number of halogens is 3. The monoisotopic (exact) mass is 630 g/mol. The van der Waals surface area contributed by atoms with Gasteiger partial charge in [0.05, 0.1) is 11.3 Å². The van der Waals surface area contributed by atoms with Gasteiger partial charge in [0.2, 0.25) is 10.0 Å². The predicted octanol–water partition coefficient (Wildman–Crippen LogP) is 2.19. The highest BCUT2D eigenvalue weighted by atomic mass is 32.2. The van der Waals surface area contributed by atoms with Crippen LogP contribution in [0, 0.1) is 5.92 Å². The SMILES string of the molecule is CC(C)CS(=O)(=O)n1ccc2c(-c3ccc(C(F)(F)F)cc3)cc(N3CCN(C)CC3)nc21.O=C(O)C(O)C(O)C(=O)O. The van der Waals surface area contributed by atoms with Gasteiger partial charge in [-0.2, -0.15) is 13.2 Å². The van der Waals surface area contributed by atoms with Crippen LogP contribution in [-0.2, 0) is 25.8 Å². The van der Waals surface area contributed by atoms with Crippen LogP contribution in [0.4, 0.5) is 19.0 Å². The number of carbonyl (C=O) groups is 2. The van der Waals surface area contributed by atoms with Crippen LogP contribution in [0.15, 0.2) is 42.6 Å². The molecule has 0 aliphatic carbocycles. The lowest BCUT2D eigenvalue weighted by atomic mass is 10.0.